The Hall–Kier alpha value is -1.52. The average molecular weight is 350 g/mol. The second kappa shape index (κ2) is 6.96. The van der Waals surface area contributed by atoms with E-state index in [2.05, 4.69) is 28.2 Å². The first-order valence-corrected chi connectivity index (χ1v) is 7.66. The molecule has 0 aliphatic heterocycles. The van der Waals surface area contributed by atoms with Crippen molar-refractivity contribution in [3.05, 3.63) is 57.6 Å². The lowest BCUT2D eigenvalue weighted by atomic mass is 10.1. The molecule has 0 spiro atoms. The van der Waals surface area contributed by atoms with Crippen molar-refractivity contribution >= 4 is 15.9 Å². The Balaban J connectivity index is 2.06. The lowest BCUT2D eigenvalue weighted by molar-refractivity contribution is 0.411. The van der Waals surface area contributed by atoms with Gasteiger partial charge < -0.3 is 15.2 Å². The van der Waals surface area contributed by atoms with Gasteiger partial charge in [0.05, 0.1) is 11.6 Å². The molecule has 0 radical (unpaired) electrons. The highest BCUT2D eigenvalue weighted by atomic mass is 79.9. The molecule has 3 nitrogen and oxygen atoms in total. The fourth-order valence-electron chi connectivity index (χ4n) is 2.19. The third kappa shape index (κ3) is 3.99. The smallest absolute Gasteiger partial charge is 0.133 e. The van der Waals surface area contributed by atoms with Crippen LogP contribution in [0.4, 0.5) is 0 Å². The topological polar surface area (TPSA) is 41.5 Å². The van der Waals surface area contributed by atoms with Crippen molar-refractivity contribution in [3.63, 3.8) is 0 Å². The summed E-state index contributed by atoms with van der Waals surface area (Å²) in [6, 6.07) is 11.8. The van der Waals surface area contributed by atoms with Crippen molar-refractivity contribution in [2.45, 2.75) is 26.4 Å². The summed E-state index contributed by atoms with van der Waals surface area (Å²) >= 11 is 3.50. The molecule has 0 aromatic heterocycles. The molecule has 0 aliphatic carbocycles. The van der Waals surface area contributed by atoms with Gasteiger partial charge in [0.15, 0.2) is 0 Å². The summed E-state index contributed by atoms with van der Waals surface area (Å²) in [7, 11) is 1.65. The van der Waals surface area contributed by atoms with E-state index in [0.29, 0.717) is 12.3 Å². The quantitative estimate of drug-likeness (QED) is 0.844. The highest BCUT2D eigenvalue weighted by molar-refractivity contribution is 9.10. The monoisotopic (exact) mass is 349 g/mol. The minimum absolute atomic E-state index is 0.173. The first-order valence-electron chi connectivity index (χ1n) is 6.86. The van der Waals surface area contributed by atoms with Gasteiger partial charge in [0.2, 0.25) is 0 Å². The van der Waals surface area contributed by atoms with E-state index in [1.165, 1.54) is 0 Å². The predicted octanol–water partition coefficient (Wildman–Crippen LogP) is 4.32. The van der Waals surface area contributed by atoms with Gasteiger partial charge >= 0.3 is 0 Å². The van der Waals surface area contributed by atoms with Gasteiger partial charge in [0.1, 0.15) is 11.5 Å². The lowest BCUT2D eigenvalue weighted by Gasteiger charge is -2.16. The molecular formula is C17H20BrNO2. The fraction of sp³-hybridized carbons (Fsp3) is 0.294. The van der Waals surface area contributed by atoms with Crippen LogP contribution in [-0.2, 0) is 6.54 Å². The molecule has 0 aliphatic rings. The molecule has 0 saturated carbocycles. The molecule has 112 valence electrons. The van der Waals surface area contributed by atoms with Crippen molar-refractivity contribution in [3.8, 4) is 11.5 Å². The zero-order valence-corrected chi connectivity index (χ0v) is 14.1. The summed E-state index contributed by atoms with van der Waals surface area (Å²) < 4.78 is 6.18. The first-order chi connectivity index (χ1) is 10.0. The molecule has 2 aromatic carbocycles. The number of hydrogen-bond donors (Lipinski definition) is 2. The number of methoxy groups -OCH3 is 1. The molecule has 2 N–H and O–H groups in total. The highest BCUT2D eigenvalue weighted by Crippen LogP contribution is 2.28. The Morgan fingerprint density at radius 3 is 2.67 bits per heavy atom. The van der Waals surface area contributed by atoms with Crippen LogP contribution in [0.2, 0.25) is 0 Å². The molecular weight excluding hydrogens is 330 g/mol. The number of benzene rings is 2. The molecule has 0 bridgehead atoms. The van der Waals surface area contributed by atoms with E-state index < -0.39 is 0 Å². The standard InChI is InChI=1S/C17H20BrNO2/c1-11-4-6-16(20)14(8-11)10-19-12(2)13-5-7-17(21-3)15(18)9-13/h4-9,12,19-20H,10H2,1-3H3. The number of phenolic OH excluding ortho intramolecular Hbond substituents is 1. The van der Waals surface area contributed by atoms with Gasteiger partial charge in [0.25, 0.3) is 0 Å². The molecule has 21 heavy (non-hydrogen) atoms. The highest BCUT2D eigenvalue weighted by Gasteiger charge is 2.09. The number of halogens is 1. The number of aromatic hydroxyl groups is 1. The van der Waals surface area contributed by atoms with E-state index in [9.17, 15) is 5.11 Å². The molecule has 0 saturated heterocycles. The van der Waals surface area contributed by atoms with E-state index >= 15 is 0 Å². The van der Waals surface area contributed by atoms with Gasteiger partial charge in [-0.25, -0.2) is 0 Å². The largest absolute Gasteiger partial charge is 0.508 e. The number of hydrogen-bond acceptors (Lipinski definition) is 3. The third-order valence-electron chi connectivity index (χ3n) is 3.51. The van der Waals surface area contributed by atoms with Crippen molar-refractivity contribution in [2.24, 2.45) is 0 Å². The second-order valence-electron chi connectivity index (χ2n) is 5.13. The number of ether oxygens (including phenoxy) is 1. The third-order valence-corrected chi connectivity index (χ3v) is 4.13. The summed E-state index contributed by atoms with van der Waals surface area (Å²) in [6.07, 6.45) is 0. The minimum atomic E-state index is 0.173. The van der Waals surface area contributed by atoms with Crippen LogP contribution in [0.15, 0.2) is 40.9 Å². The Bertz CT molecular complexity index is 628. The average Bonchev–Trinajstić information content (AvgIpc) is 2.47. The van der Waals surface area contributed by atoms with E-state index in [1.807, 2.05) is 37.3 Å². The Labute approximate surface area is 134 Å². The van der Waals surface area contributed by atoms with Crippen molar-refractivity contribution < 1.29 is 9.84 Å². The van der Waals surface area contributed by atoms with Crippen LogP contribution in [0.25, 0.3) is 0 Å². The number of nitrogens with one attached hydrogen (secondary N) is 1. The second-order valence-corrected chi connectivity index (χ2v) is 5.98. The molecule has 0 heterocycles. The van der Waals surface area contributed by atoms with E-state index in [1.54, 1.807) is 13.2 Å². The normalized spacial score (nSPS) is 12.2. The van der Waals surface area contributed by atoms with Crippen molar-refractivity contribution in [2.75, 3.05) is 7.11 Å². The van der Waals surface area contributed by atoms with Crippen LogP contribution in [0.3, 0.4) is 0 Å². The summed E-state index contributed by atoms with van der Waals surface area (Å²) in [5.74, 6) is 1.15. The number of aryl methyl sites for hydroxylation is 1. The molecule has 2 rings (SSSR count). The van der Waals surface area contributed by atoms with Gasteiger partial charge in [-0.1, -0.05) is 23.8 Å². The van der Waals surface area contributed by atoms with Crippen LogP contribution in [0, 0.1) is 6.92 Å². The Morgan fingerprint density at radius 1 is 1.24 bits per heavy atom. The molecule has 0 amide bonds. The van der Waals surface area contributed by atoms with Gasteiger partial charge in [-0.05, 0) is 53.5 Å². The molecule has 4 heteroatoms. The van der Waals surface area contributed by atoms with Gasteiger partial charge in [0, 0.05) is 18.2 Å². The summed E-state index contributed by atoms with van der Waals surface area (Å²) in [6.45, 7) is 4.74. The van der Waals surface area contributed by atoms with Crippen LogP contribution >= 0.6 is 15.9 Å². The molecule has 1 unspecified atom stereocenters. The Morgan fingerprint density at radius 2 is 2.00 bits per heavy atom. The first kappa shape index (κ1) is 15.9. The van der Waals surface area contributed by atoms with Crippen LogP contribution in [0.1, 0.15) is 29.7 Å². The van der Waals surface area contributed by atoms with Crippen molar-refractivity contribution in [1.82, 2.24) is 5.32 Å². The van der Waals surface area contributed by atoms with Crippen LogP contribution < -0.4 is 10.1 Å². The summed E-state index contributed by atoms with van der Waals surface area (Å²) in [4.78, 5) is 0. The van der Waals surface area contributed by atoms with Crippen LogP contribution in [0.5, 0.6) is 11.5 Å². The van der Waals surface area contributed by atoms with Gasteiger partial charge in [-0.15, -0.1) is 0 Å². The maximum Gasteiger partial charge on any atom is 0.133 e. The number of rotatable bonds is 5. The van der Waals surface area contributed by atoms with Crippen molar-refractivity contribution in [1.29, 1.82) is 0 Å². The van der Waals surface area contributed by atoms with Crippen LogP contribution in [-0.4, -0.2) is 12.2 Å². The Kier molecular flexibility index (Phi) is 5.26. The zero-order valence-electron chi connectivity index (χ0n) is 12.5. The molecule has 0 fully saturated rings. The van der Waals surface area contributed by atoms with E-state index in [4.69, 9.17) is 4.74 Å². The van der Waals surface area contributed by atoms with Gasteiger partial charge in [-0.2, -0.15) is 0 Å². The van der Waals surface area contributed by atoms with E-state index in [-0.39, 0.29) is 6.04 Å². The lowest BCUT2D eigenvalue weighted by Crippen LogP contribution is -2.18. The summed E-state index contributed by atoms with van der Waals surface area (Å²) in [5, 5.41) is 13.3. The maximum absolute atomic E-state index is 9.87. The maximum atomic E-state index is 9.87. The van der Waals surface area contributed by atoms with E-state index in [0.717, 1.165) is 26.9 Å². The summed E-state index contributed by atoms with van der Waals surface area (Å²) in [5.41, 5.74) is 3.22. The molecule has 2 aromatic rings. The minimum Gasteiger partial charge on any atom is -0.508 e. The fourth-order valence-corrected chi connectivity index (χ4v) is 2.75. The number of phenols is 1. The SMILES string of the molecule is COc1ccc(C(C)NCc2cc(C)ccc2O)cc1Br. The predicted molar refractivity (Wildman–Crippen MR) is 88.8 cm³/mol. The van der Waals surface area contributed by atoms with Gasteiger partial charge in [-0.3, -0.25) is 0 Å². The molecule has 1 atom stereocenters. The zero-order chi connectivity index (χ0) is 15.4.